The topological polar surface area (TPSA) is 55.4 Å². The maximum Gasteiger partial charge on any atom is 0.346 e. The van der Waals surface area contributed by atoms with Crippen LogP contribution in [0.5, 0.6) is 0 Å². The number of hydrogen-bond donors (Lipinski definition) is 1. The van der Waals surface area contributed by atoms with Crippen LogP contribution in [0.1, 0.15) is 6.42 Å². The quantitative estimate of drug-likeness (QED) is 0.619. The van der Waals surface area contributed by atoms with Crippen molar-refractivity contribution in [1.82, 2.24) is 5.32 Å². The standard InChI is InChI=1S/C8H10BrNO3S/c1-13-8(12)7-5(2-3-14-7)10-6(11)4-9/h2-4H2,1H3,(H,10,11). The third-order valence-corrected chi connectivity index (χ3v) is 3.27. The number of ether oxygens (including phenoxy) is 1. The molecule has 4 nitrogen and oxygen atoms in total. The highest BCUT2D eigenvalue weighted by Gasteiger charge is 2.23. The molecule has 1 rings (SSSR count). The first-order valence-corrected chi connectivity index (χ1v) is 6.09. The van der Waals surface area contributed by atoms with E-state index in [1.54, 1.807) is 0 Å². The van der Waals surface area contributed by atoms with E-state index >= 15 is 0 Å². The minimum Gasteiger partial charge on any atom is -0.465 e. The van der Waals surface area contributed by atoms with Crippen molar-refractivity contribution in [3.8, 4) is 0 Å². The summed E-state index contributed by atoms with van der Waals surface area (Å²) in [5.74, 6) is 0.281. The zero-order valence-corrected chi connectivity index (χ0v) is 10.0. The molecule has 0 spiro atoms. The molecule has 0 saturated carbocycles. The zero-order chi connectivity index (χ0) is 10.6. The average Bonchev–Trinajstić information content (AvgIpc) is 2.64. The molecular formula is C8H10BrNO3S. The Balaban J connectivity index is 2.72. The SMILES string of the molecule is COC(=O)C1=C(NC(=O)CBr)CCS1. The van der Waals surface area contributed by atoms with Gasteiger partial charge in [-0.1, -0.05) is 15.9 Å². The van der Waals surface area contributed by atoms with E-state index in [1.165, 1.54) is 18.9 Å². The monoisotopic (exact) mass is 279 g/mol. The van der Waals surface area contributed by atoms with E-state index in [2.05, 4.69) is 26.0 Å². The Morgan fingerprint density at radius 3 is 2.93 bits per heavy atom. The van der Waals surface area contributed by atoms with Gasteiger partial charge < -0.3 is 10.1 Å². The van der Waals surface area contributed by atoms with Crippen LogP contribution in [0.25, 0.3) is 0 Å². The van der Waals surface area contributed by atoms with Gasteiger partial charge in [-0.05, 0) is 6.42 Å². The van der Waals surface area contributed by atoms with Crippen molar-refractivity contribution in [2.75, 3.05) is 18.2 Å². The molecule has 0 radical (unpaired) electrons. The average molecular weight is 280 g/mol. The Labute approximate surface area is 94.6 Å². The van der Waals surface area contributed by atoms with Crippen molar-refractivity contribution in [2.45, 2.75) is 6.42 Å². The lowest BCUT2D eigenvalue weighted by Crippen LogP contribution is -2.24. The third-order valence-electron chi connectivity index (χ3n) is 1.66. The molecule has 0 aliphatic carbocycles. The van der Waals surface area contributed by atoms with Gasteiger partial charge >= 0.3 is 5.97 Å². The smallest absolute Gasteiger partial charge is 0.346 e. The van der Waals surface area contributed by atoms with Crippen LogP contribution >= 0.6 is 27.7 Å². The number of carbonyl (C=O) groups is 2. The molecule has 1 N–H and O–H groups in total. The number of methoxy groups -OCH3 is 1. The lowest BCUT2D eigenvalue weighted by Gasteiger charge is -2.05. The molecule has 0 fully saturated rings. The summed E-state index contributed by atoms with van der Waals surface area (Å²) < 4.78 is 4.60. The normalized spacial score (nSPS) is 15.6. The molecule has 0 aromatic rings. The molecule has 0 saturated heterocycles. The second-order valence-corrected chi connectivity index (χ2v) is 4.25. The van der Waals surface area contributed by atoms with E-state index in [0.717, 1.165) is 5.75 Å². The van der Waals surface area contributed by atoms with Crippen LogP contribution in [-0.2, 0) is 14.3 Å². The molecule has 1 amide bonds. The first-order valence-electron chi connectivity index (χ1n) is 3.99. The van der Waals surface area contributed by atoms with Gasteiger partial charge in [-0.15, -0.1) is 11.8 Å². The summed E-state index contributed by atoms with van der Waals surface area (Å²) in [6, 6.07) is 0. The lowest BCUT2D eigenvalue weighted by molar-refractivity contribution is -0.135. The third kappa shape index (κ3) is 2.75. The van der Waals surface area contributed by atoms with E-state index in [9.17, 15) is 9.59 Å². The van der Waals surface area contributed by atoms with Crippen LogP contribution in [0, 0.1) is 0 Å². The predicted molar refractivity (Wildman–Crippen MR) is 58.1 cm³/mol. The summed E-state index contributed by atoms with van der Waals surface area (Å²) in [7, 11) is 1.33. The highest BCUT2D eigenvalue weighted by molar-refractivity contribution is 9.09. The number of carbonyl (C=O) groups excluding carboxylic acids is 2. The zero-order valence-electron chi connectivity index (χ0n) is 7.63. The number of thioether (sulfide) groups is 1. The molecule has 14 heavy (non-hydrogen) atoms. The Morgan fingerprint density at radius 1 is 1.64 bits per heavy atom. The second kappa shape index (κ2) is 5.41. The summed E-state index contributed by atoms with van der Waals surface area (Å²) in [6.45, 7) is 0. The minimum absolute atomic E-state index is 0.149. The molecular weight excluding hydrogens is 270 g/mol. The van der Waals surface area contributed by atoms with Crippen LogP contribution in [0.2, 0.25) is 0 Å². The van der Waals surface area contributed by atoms with Crippen molar-refractivity contribution in [3.63, 3.8) is 0 Å². The number of hydrogen-bond acceptors (Lipinski definition) is 4. The number of amides is 1. The summed E-state index contributed by atoms with van der Waals surface area (Å²) in [6.07, 6.45) is 0.702. The number of halogens is 1. The molecule has 1 aliphatic heterocycles. The summed E-state index contributed by atoms with van der Waals surface area (Å²) in [5.41, 5.74) is 0.673. The molecule has 0 aromatic heterocycles. The van der Waals surface area contributed by atoms with E-state index in [1.807, 2.05) is 0 Å². The van der Waals surface area contributed by atoms with Crippen molar-refractivity contribution in [3.05, 3.63) is 10.6 Å². The minimum atomic E-state index is -0.377. The molecule has 0 bridgehead atoms. The van der Waals surface area contributed by atoms with Crippen LogP contribution in [0.4, 0.5) is 0 Å². The predicted octanol–water partition coefficient (Wildman–Crippen LogP) is 1.02. The first kappa shape index (κ1) is 11.6. The van der Waals surface area contributed by atoms with Gasteiger partial charge in [0.05, 0.1) is 12.4 Å². The maximum atomic E-state index is 11.2. The lowest BCUT2D eigenvalue weighted by atomic mass is 10.3. The van der Waals surface area contributed by atoms with Crippen LogP contribution in [-0.4, -0.2) is 30.1 Å². The van der Waals surface area contributed by atoms with Gasteiger partial charge in [0.15, 0.2) is 0 Å². The van der Waals surface area contributed by atoms with E-state index in [4.69, 9.17) is 0 Å². The van der Waals surface area contributed by atoms with Crippen LogP contribution < -0.4 is 5.32 Å². The highest BCUT2D eigenvalue weighted by atomic mass is 79.9. The number of nitrogens with one attached hydrogen (secondary N) is 1. The van der Waals surface area contributed by atoms with Gasteiger partial charge in [0, 0.05) is 11.4 Å². The van der Waals surface area contributed by atoms with Gasteiger partial charge in [-0.25, -0.2) is 4.79 Å². The number of esters is 1. The Hall–Kier alpha value is -0.490. The molecule has 0 atom stereocenters. The Kier molecular flexibility index (Phi) is 4.47. The number of rotatable bonds is 3. The largest absolute Gasteiger partial charge is 0.465 e. The fourth-order valence-corrected chi connectivity index (χ4v) is 2.23. The van der Waals surface area contributed by atoms with Crippen molar-refractivity contribution < 1.29 is 14.3 Å². The fourth-order valence-electron chi connectivity index (χ4n) is 1.05. The van der Waals surface area contributed by atoms with Crippen molar-refractivity contribution in [1.29, 1.82) is 0 Å². The number of allylic oxidation sites excluding steroid dienone is 1. The molecule has 78 valence electrons. The molecule has 1 aliphatic rings. The Morgan fingerprint density at radius 2 is 2.36 bits per heavy atom. The summed E-state index contributed by atoms with van der Waals surface area (Å²) in [4.78, 5) is 22.8. The first-order chi connectivity index (χ1) is 6.69. The van der Waals surface area contributed by atoms with E-state index in [0.29, 0.717) is 17.0 Å². The summed E-state index contributed by atoms with van der Waals surface area (Å²) in [5, 5.41) is 2.90. The van der Waals surface area contributed by atoms with Crippen LogP contribution in [0.15, 0.2) is 10.6 Å². The van der Waals surface area contributed by atoms with Gasteiger partial charge in [-0.3, -0.25) is 4.79 Å². The maximum absolute atomic E-state index is 11.2. The summed E-state index contributed by atoms with van der Waals surface area (Å²) >= 11 is 4.45. The number of alkyl halides is 1. The van der Waals surface area contributed by atoms with Crippen molar-refractivity contribution >= 4 is 39.6 Å². The molecule has 1 heterocycles. The van der Waals surface area contributed by atoms with Gasteiger partial charge in [-0.2, -0.15) is 0 Å². The van der Waals surface area contributed by atoms with Gasteiger partial charge in [0.1, 0.15) is 4.91 Å². The Bertz CT molecular complexity index is 290. The molecule has 6 heteroatoms. The second-order valence-electron chi connectivity index (χ2n) is 2.58. The van der Waals surface area contributed by atoms with Crippen molar-refractivity contribution in [2.24, 2.45) is 0 Å². The van der Waals surface area contributed by atoms with E-state index < -0.39 is 0 Å². The van der Waals surface area contributed by atoms with Gasteiger partial charge in [0.25, 0.3) is 0 Å². The fraction of sp³-hybridized carbons (Fsp3) is 0.500. The van der Waals surface area contributed by atoms with E-state index in [-0.39, 0.29) is 17.2 Å². The highest BCUT2D eigenvalue weighted by Crippen LogP contribution is 2.30. The molecule has 0 unspecified atom stereocenters. The van der Waals surface area contributed by atoms with Gasteiger partial charge in [0.2, 0.25) is 5.91 Å². The molecule has 0 aromatic carbocycles. The van der Waals surface area contributed by atoms with Crippen LogP contribution in [0.3, 0.4) is 0 Å².